The molecule has 2 aromatic heterocycles. The van der Waals surface area contributed by atoms with Crippen LogP contribution in [0.4, 0.5) is 0 Å². The summed E-state index contributed by atoms with van der Waals surface area (Å²) in [6.07, 6.45) is 0. The zero-order chi connectivity index (χ0) is 16.4. The smallest absolute Gasteiger partial charge is 0.225 e. The summed E-state index contributed by atoms with van der Waals surface area (Å²) in [4.78, 5) is 12.8. The first-order valence-electron chi connectivity index (χ1n) is 6.82. The van der Waals surface area contributed by atoms with E-state index in [-0.39, 0.29) is 12.5 Å². The van der Waals surface area contributed by atoms with E-state index in [0.717, 1.165) is 4.88 Å². The summed E-state index contributed by atoms with van der Waals surface area (Å²) in [6, 6.07) is 6.94. The van der Waals surface area contributed by atoms with E-state index in [1.165, 1.54) is 22.7 Å². The zero-order valence-corrected chi connectivity index (χ0v) is 15.1. The lowest BCUT2D eigenvalue weighted by Crippen LogP contribution is -2.38. The quantitative estimate of drug-likeness (QED) is 0.891. The van der Waals surface area contributed by atoms with E-state index in [4.69, 9.17) is 0 Å². The molecule has 0 bridgehead atoms. The van der Waals surface area contributed by atoms with Crippen LogP contribution in [0.2, 0.25) is 0 Å². The van der Waals surface area contributed by atoms with Crippen molar-refractivity contribution < 1.29 is 13.2 Å². The fourth-order valence-corrected chi connectivity index (χ4v) is 5.84. The maximum absolute atomic E-state index is 12.8. The van der Waals surface area contributed by atoms with Crippen LogP contribution in [-0.2, 0) is 14.6 Å². The van der Waals surface area contributed by atoms with Crippen molar-refractivity contribution in [3.8, 4) is 0 Å². The van der Waals surface area contributed by atoms with Gasteiger partial charge in [0.1, 0.15) is 9.46 Å². The largest absolute Gasteiger partial charge is 0.354 e. The number of carbonyl (C=O) groups is 1. The second-order valence-electron chi connectivity index (χ2n) is 5.94. The molecular formula is C15H19NO3S3. The molecule has 0 saturated carbocycles. The van der Waals surface area contributed by atoms with Gasteiger partial charge in [0.05, 0.1) is 0 Å². The Kier molecular flexibility index (Phi) is 5.09. The van der Waals surface area contributed by atoms with Crippen LogP contribution in [-0.4, -0.2) is 20.9 Å². The molecule has 1 unspecified atom stereocenters. The minimum absolute atomic E-state index is 0.0802. The molecule has 1 N–H and O–H groups in total. The van der Waals surface area contributed by atoms with Gasteiger partial charge in [-0.2, -0.15) is 0 Å². The van der Waals surface area contributed by atoms with Gasteiger partial charge in [-0.15, -0.1) is 22.7 Å². The number of nitrogens with one attached hydrogen (secondary N) is 1. The van der Waals surface area contributed by atoms with Gasteiger partial charge >= 0.3 is 0 Å². The highest BCUT2D eigenvalue weighted by Crippen LogP contribution is 2.33. The monoisotopic (exact) mass is 357 g/mol. The van der Waals surface area contributed by atoms with Crippen LogP contribution in [0, 0.1) is 5.41 Å². The highest BCUT2D eigenvalue weighted by atomic mass is 32.2. The number of hydrogen-bond donors (Lipinski definition) is 1. The number of rotatable bonds is 5. The summed E-state index contributed by atoms with van der Waals surface area (Å²) in [5, 5.41) is 5.61. The molecule has 0 aromatic carbocycles. The van der Waals surface area contributed by atoms with E-state index in [0.29, 0.717) is 4.21 Å². The van der Waals surface area contributed by atoms with Gasteiger partial charge in [-0.1, -0.05) is 32.9 Å². The standard InChI is InChI=1S/C15H19NO3S3/c1-15(2,3)14(17)16-10-12(11-6-4-8-20-11)22(18,19)13-7-5-9-21-13/h4-9,12H,10H2,1-3H3,(H,16,17). The molecular weight excluding hydrogens is 338 g/mol. The van der Waals surface area contributed by atoms with Crippen LogP contribution in [0.15, 0.2) is 39.2 Å². The van der Waals surface area contributed by atoms with Crippen LogP contribution < -0.4 is 5.32 Å². The fourth-order valence-electron chi connectivity index (χ4n) is 1.85. The Bertz CT molecular complexity index is 711. The van der Waals surface area contributed by atoms with Gasteiger partial charge in [-0.25, -0.2) is 8.42 Å². The predicted octanol–water partition coefficient (Wildman–Crippen LogP) is 3.49. The number of sulfone groups is 1. The van der Waals surface area contributed by atoms with Crippen molar-refractivity contribution in [2.75, 3.05) is 6.54 Å². The Morgan fingerprint density at radius 2 is 1.82 bits per heavy atom. The van der Waals surface area contributed by atoms with Gasteiger partial charge in [0, 0.05) is 16.8 Å². The molecule has 2 heterocycles. The van der Waals surface area contributed by atoms with Gasteiger partial charge in [-0.05, 0) is 22.9 Å². The maximum Gasteiger partial charge on any atom is 0.225 e. The molecule has 0 aliphatic rings. The molecule has 22 heavy (non-hydrogen) atoms. The average molecular weight is 358 g/mol. The molecule has 4 nitrogen and oxygen atoms in total. The normalized spacial score (nSPS) is 13.8. The first kappa shape index (κ1) is 17.2. The van der Waals surface area contributed by atoms with Crippen LogP contribution in [0.5, 0.6) is 0 Å². The summed E-state index contributed by atoms with van der Waals surface area (Å²) >= 11 is 2.59. The molecule has 0 spiro atoms. The number of amides is 1. The van der Waals surface area contributed by atoms with Crippen molar-refractivity contribution in [3.05, 3.63) is 39.9 Å². The van der Waals surface area contributed by atoms with E-state index >= 15 is 0 Å². The summed E-state index contributed by atoms with van der Waals surface area (Å²) in [5.74, 6) is -0.157. The van der Waals surface area contributed by atoms with Crippen molar-refractivity contribution in [2.24, 2.45) is 5.41 Å². The van der Waals surface area contributed by atoms with Crippen molar-refractivity contribution in [1.82, 2.24) is 5.32 Å². The first-order chi connectivity index (χ1) is 10.2. The zero-order valence-electron chi connectivity index (χ0n) is 12.7. The van der Waals surface area contributed by atoms with Gasteiger partial charge < -0.3 is 5.32 Å². The third-order valence-electron chi connectivity index (χ3n) is 3.14. The first-order valence-corrected chi connectivity index (χ1v) is 10.1. The molecule has 0 fully saturated rings. The molecule has 0 radical (unpaired) electrons. The molecule has 1 amide bonds. The van der Waals surface area contributed by atoms with E-state index in [1.54, 1.807) is 44.4 Å². The molecule has 2 aromatic rings. The van der Waals surface area contributed by atoms with E-state index in [2.05, 4.69) is 5.32 Å². The van der Waals surface area contributed by atoms with Crippen LogP contribution in [0.3, 0.4) is 0 Å². The average Bonchev–Trinajstić information content (AvgIpc) is 3.11. The lowest BCUT2D eigenvalue weighted by molar-refractivity contribution is -0.128. The molecule has 7 heteroatoms. The van der Waals surface area contributed by atoms with Crippen molar-refractivity contribution in [3.63, 3.8) is 0 Å². The second kappa shape index (κ2) is 6.52. The van der Waals surface area contributed by atoms with Crippen molar-refractivity contribution >= 4 is 38.4 Å². The highest BCUT2D eigenvalue weighted by molar-refractivity contribution is 7.93. The van der Waals surface area contributed by atoms with Gasteiger partial charge in [-0.3, -0.25) is 4.79 Å². The van der Waals surface area contributed by atoms with E-state index in [1.807, 2.05) is 11.4 Å². The van der Waals surface area contributed by atoms with E-state index in [9.17, 15) is 13.2 Å². The summed E-state index contributed by atoms with van der Waals surface area (Å²) in [7, 11) is -3.51. The summed E-state index contributed by atoms with van der Waals surface area (Å²) in [5.41, 5.74) is -0.549. The Hall–Kier alpha value is -1.18. The van der Waals surface area contributed by atoms with Crippen molar-refractivity contribution in [1.29, 1.82) is 0 Å². The van der Waals surface area contributed by atoms with Gasteiger partial charge in [0.2, 0.25) is 5.91 Å². The second-order valence-corrected chi connectivity index (χ2v) is 10.2. The molecule has 0 aliphatic carbocycles. The molecule has 1 atom stereocenters. The Morgan fingerprint density at radius 1 is 1.18 bits per heavy atom. The highest BCUT2D eigenvalue weighted by Gasteiger charge is 2.32. The molecule has 120 valence electrons. The fraction of sp³-hybridized carbons (Fsp3) is 0.400. The summed E-state index contributed by atoms with van der Waals surface area (Å²) in [6.45, 7) is 5.49. The Morgan fingerprint density at radius 3 is 2.32 bits per heavy atom. The SMILES string of the molecule is CC(C)(C)C(=O)NCC(c1cccs1)S(=O)(=O)c1cccs1. The number of carbonyl (C=O) groups excluding carboxylic acids is 1. The third-order valence-corrected chi connectivity index (χ3v) is 7.79. The maximum atomic E-state index is 12.8. The van der Waals surface area contributed by atoms with Gasteiger partial charge in [0.25, 0.3) is 0 Å². The van der Waals surface area contributed by atoms with Gasteiger partial charge in [0.15, 0.2) is 9.84 Å². The molecule has 0 saturated heterocycles. The number of hydrogen-bond acceptors (Lipinski definition) is 5. The van der Waals surface area contributed by atoms with E-state index < -0.39 is 20.5 Å². The minimum Gasteiger partial charge on any atom is -0.354 e. The lowest BCUT2D eigenvalue weighted by atomic mass is 9.96. The lowest BCUT2D eigenvalue weighted by Gasteiger charge is -2.21. The molecule has 2 rings (SSSR count). The van der Waals surface area contributed by atoms with Crippen LogP contribution in [0.25, 0.3) is 0 Å². The molecule has 0 aliphatic heterocycles. The van der Waals surface area contributed by atoms with Crippen LogP contribution in [0.1, 0.15) is 30.9 Å². The third kappa shape index (κ3) is 3.77. The Labute approximate surface area is 139 Å². The summed E-state index contributed by atoms with van der Waals surface area (Å²) < 4.78 is 26.0. The minimum atomic E-state index is -3.51. The number of thiophene rings is 2. The Balaban J connectivity index is 2.28. The topological polar surface area (TPSA) is 63.2 Å². The van der Waals surface area contributed by atoms with Crippen LogP contribution >= 0.6 is 22.7 Å². The predicted molar refractivity (Wildman–Crippen MR) is 91.0 cm³/mol. The van der Waals surface area contributed by atoms with Crippen molar-refractivity contribution in [2.45, 2.75) is 30.2 Å².